The zero-order valence-electron chi connectivity index (χ0n) is 13.6. The molecule has 1 aromatic heterocycles. The van der Waals surface area contributed by atoms with E-state index in [1.165, 1.54) is 12.3 Å². The number of hydrogen-bond acceptors (Lipinski definition) is 4. The number of carbonyl (C=O) groups excluding carboxylic acids is 1. The molecule has 3 rings (SSSR count). The number of rotatable bonds is 4. The quantitative estimate of drug-likeness (QED) is 0.644. The first-order valence-electron chi connectivity index (χ1n) is 7.66. The number of alkyl halides is 3. The van der Waals surface area contributed by atoms with Gasteiger partial charge in [-0.05, 0) is 36.4 Å². The maximum atomic E-state index is 12.8. The number of hydrogen-bond donors (Lipinski definition) is 2. The van der Waals surface area contributed by atoms with Gasteiger partial charge in [-0.15, -0.1) is 0 Å². The molecule has 0 radical (unpaired) electrons. The van der Waals surface area contributed by atoms with Gasteiger partial charge in [0.1, 0.15) is 5.69 Å². The number of halogens is 4. The fourth-order valence-corrected chi connectivity index (χ4v) is 2.34. The molecule has 0 aliphatic carbocycles. The number of aromatic nitrogens is 2. The summed E-state index contributed by atoms with van der Waals surface area (Å²) in [4.78, 5) is 20.4. The van der Waals surface area contributed by atoms with Crippen LogP contribution in [-0.2, 0) is 6.18 Å². The maximum absolute atomic E-state index is 12.8. The second-order valence-electron chi connectivity index (χ2n) is 5.40. The highest BCUT2D eigenvalue weighted by molar-refractivity contribution is 6.33. The summed E-state index contributed by atoms with van der Waals surface area (Å²) in [5, 5.41) is 5.25. The monoisotopic (exact) mass is 392 g/mol. The third kappa shape index (κ3) is 4.73. The number of nitrogens with one attached hydrogen (secondary N) is 2. The average molecular weight is 393 g/mol. The summed E-state index contributed by atoms with van der Waals surface area (Å²) >= 11 is 5.89. The Morgan fingerprint density at radius 3 is 2.48 bits per heavy atom. The molecule has 138 valence electrons. The minimum Gasteiger partial charge on any atom is -0.324 e. The minimum atomic E-state index is -4.55. The third-order valence-corrected chi connectivity index (χ3v) is 3.79. The van der Waals surface area contributed by atoms with Crippen molar-refractivity contribution in [2.75, 3.05) is 10.6 Å². The Labute approximate surface area is 157 Å². The lowest BCUT2D eigenvalue weighted by Crippen LogP contribution is -2.16. The van der Waals surface area contributed by atoms with E-state index >= 15 is 0 Å². The number of nitrogens with zero attached hydrogens (tertiary/aromatic N) is 2. The van der Waals surface area contributed by atoms with Crippen molar-refractivity contribution in [2.24, 2.45) is 0 Å². The first-order valence-corrected chi connectivity index (χ1v) is 8.04. The van der Waals surface area contributed by atoms with Crippen LogP contribution in [0.3, 0.4) is 0 Å². The second kappa shape index (κ2) is 7.63. The molecule has 0 spiro atoms. The number of amides is 1. The van der Waals surface area contributed by atoms with Crippen LogP contribution in [0.1, 0.15) is 16.1 Å². The zero-order valence-corrected chi connectivity index (χ0v) is 14.3. The first kappa shape index (κ1) is 18.7. The Morgan fingerprint density at radius 2 is 1.78 bits per heavy atom. The molecule has 5 nitrogen and oxygen atoms in total. The number of anilines is 3. The van der Waals surface area contributed by atoms with Crippen molar-refractivity contribution in [2.45, 2.75) is 6.18 Å². The van der Waals surface area contributed by atoms with Gasteiger partial charge >= 0.3 is 6.18 Å². The highest BCUT2D eigenvalue weighted by atomic mass is 35.5. The van der Waals surface area contributed by atoms with Gasteiger partial charge in [-0.2, -0.15) is 13.2 Å². The molecule has 3 aromatic rings. The van der Waals surface area contributed by atoms with Gasteiger partial charge < -0.3 is 10.6 Å². The van der Waals surface area contributed by atoms with E-state index in [1.54, 1.807) is 12.1 Å². The fraction of sp³-hybridized carbons (Fsp3) is 0.0556. The van der Waals surface area contributed by atoms with Crippen LogP contribution in [0.4, 0.5) is 30.5 Å². The predicted octanol–water partition coefficient (Wildman–Crippen LogP) is 5.14. The SMILES string of the molecule is O=C(Nc1cc(C(F)(F)F)ccc1Cl)c1ccnc(Nc2ccccc2)n1. The topological polar surface area (TPSA) is 66.9 Å². The molecular weight excluding hydrogens is 381 g/mol. The summed E-state index contributed by atoms with van der Waals surface area (Å²) in [6.45, 7) is 0. The lowest BCUT2D eigenvalue weighted by atomic mass is 10.2. The van der Waals surface area contributed by atoms with E-state index in [4.69, 9.17) is 11.6 Å². The molecule has 2 N–H and O–H groups in total. The van der Waals surface area contributed by atoms with Crippen LogP contribution in [0.25, 0.3) is 0 Å². The fourth-order valence-electron chi connectivity index (χ4n) is 2.18. The van der Waals surface area contributed by atoms with E-state index in [2.05, 4.69) is 20.6 Å². The molecule has 1 amide bonds. The van der Waals surface area contributed by atoms with Crippen molar-refractivity contribution in [1.29, 1.82) is 0 Å². The summed E-state index contributed by atoms with van der Waals surface area (Å²) in [5.74, 6) is -0.543. The van der Waals surface area contributed by atoms with Gasteiger partial charge in [0, 0.05) is 11.9 Å². The normalized spacial score (nSPS) is 11.1. The summed E-state index contributed by atoms with van der Waals surface area (Å²) in [5.41, 5.74) is -0.392. The largest absolute Gasteiger partial charge is 0.416 e. The Hall–Kier alpha value is -3.13. The smallest absolute Gasteiger partial charge is 0.324 e. The maximum Gasteiger partial charge on any atom is 0.416 e. The molecule has 0 aliphatic rings. The Balaban J connectivity index is 1.80. The number of para-hydroxylation sites is 1. The minimum absolute atomic E-state index is 0.0203. The van der Waals surface area contributed by atoms with E-state index in [0.717, 1.165) is 23.9 Å². The van der Waals surface area contributed by atoms with Gasteiger partial charge in [-0.1, -0.05) is 29.8 Å². The van der Waals surface area contributed by atoms with Crippen LogP contribution < -0.4 is 10.6 Å². The molecule has 9 heteroatoms. The molecule has 27 heavy (non-hydrogen) atoms. The average Bonchev–Trinajstić information content (AvgIpc) is 2.63. The van der Waals surface area contributed by atoms with Gasteiger partial charge in [0.05, 0.1) is 16.3 Å². The molecule has 0 saturated heterocycles. The zero-order chi connectivity index (χ0) is 19.4. The Bertz CT molecular complexity index is 964. The van der Waals surface area contributed by atoms with E-state index in [0.29, 0.717) is 0 Å². The van der Waals surface area contributed by atoms with Crippen LogP contribution >= 0.6 is 11.6 Å². The van der Waals surface area contributed by atoms with Gasteiger partial charge in [-0.3, -0.25) is 4.79 Å². The van der Waals surface area contributed by atoms with E-state index in [9.17, 15) is 18.0 Å². The van der Waals surface area contributed by atoms with Crippen LogP contribution in [0, 0.1) is 0 Å². The van der Waals surface area contributed by atoms with Crippen molar-refractivity contribution in [3.8, 4) is 0 Å². The molecule has 0 bridgehead atoms. The number of benzene rings is 2. The van der Waals surface area contributed by atoms with Crippen LogP contribution in [-0.4, -0.2) is 15.9 Å². The first-order chi connectivity index (χ1) is 12.8. The lowest BCUT2D eigenvalue weighted by molar-refractivity contribution is -0.137. The molecule has 2 aromatic carbocycles. The van der Waals surface area contributed by atoms with Crippen LogP contribution in [0.15, 0.2) is 60.8 Å². The standard InChI is InChI=1S/C18H12ClF3N4O/c19-13-7-6-11(18(20,21)22)10-15(13)25-16(27)14-8-9-23-17(26-14)24-12-4-2-1-3-5-12/h1-10H,(H,25,27)(H,23,24,26). The molecular formula is C18H12ClF3N4O. The third-order valence-electron chi connectivity index (χ3n) is 3.46. The van der Waals surface area contributed by atoms with E-state index in [1.807, 2.05) is 18.2 Å². The van der Waals surface area contributed by atoms with Crippen molar-refractivity contribution < 1.29 is 18.0 Å². The lowest BCUT2D eigenvalue weighted by Gasteiger charge is -2.12. The summed E-state index contributed by atoms with van der Waals surface area (Å²) in [6, 6.07) is 13.1. The molecule has 0 aliphatic heterocycles. The van der Waals surface area contributed by atoms with Gasteiger partial charge in [0.25, 0.3) is 5.91 Å². The van der Waals surface area contributed by atoms with Crippen molar-refractivity contribution in [1.82, 2.24) is 9.97 Å². The van der Waals surface area contributed by atoms with Gasteiger partial charge in [-0.25, -0.2) is 9.97 Å². The van der Waals surface area contributed by atoms with Crippen LogP contribution in [0.2, 0.25) is 5.02 Å². The van der Waals surface area contributed by atoms with Gasteiger partial charge in [0.2, 0.25) is 5.95 Å². The molecule has 0 unspecified atom stereocenters. The molecule has 0 saturated carbocycles. The summed E-state index contributed by atoms with van der Waals surface area (Å²) < 4.78 is 38.5. The van der Waals surface area contributed by atoms with Gasteiger partial charge in [0.15, 0.2) is 0 Å². The van der Waals surface area contributed by atoms with E-state index < -0.39 is 17.6 Å². The highest BCUT2D eigenvalue weighted by Crippen LogP contribution is 2.33. The Morgan fingerprint density at radius 1 is 1.04 bits per heavy atom. The highest BCUT2D eigenvalue weighted by Gasteiger charge is 2.31. The molecule has 1 heterocycles. The second-order valence-corrected chi connectivity index (χ2v) is 5.81. The van der Waals surface area contributed by atoms with Crippen molar-refractivity contribution in [3.63, 3.8) is 0 Å². The van der Waals surface area contributed by atoms with Crippen molar-refractivity contribution in [3.05, 3.63) is 77.1 Å². The van der Waals surface area contributed by atoms with Crippen molar-refractivity contribution >= 4 is 34.8 Å². The van der Waals surface area contributed by atoms with Crippen LogP contribution in [0.5, 0.6) is 0 Å². The summed E-state index contributed by atoms with van der Waals surface area (Å²) in [6.07, 6.45) is -3.19. The number of carbonyl (C=O) groups is 1. The van der Waals surface area contributed by atoms with E-state index in [-0.39, 0.29) is 22.4 Å². The molecule has 0 fully saturated rings. The summed E-state index contributed by atoms with van der Waals surface area (Å²) in [7, 11) is 0. The molecule has 0 atom stereocenters. The Kier molecular flexibility index (Phi) is 5.27. The predicted molar refractivity (Wildman–Crippen MR) is 96.2 cm³/mol.